The summed E-state index contributed by atoms with van der Waals surface area (Å²) in [5.74, 6) is 1.43. The predicted molar refractivity (Wildman–Crippen MR) is 94.9 cm³/mol. The van der Waals surface area contributed by atoms with Gasteiger partial charge in [0, 0.05) is 55.7 Å². The van der Waals surface area contributed by atoms with Gasteiger partial charge in [0.05, 0.1) is 6.20 Å². The van der Waals surface area contributed by atoms with Gasteiger partial charge in [0.2, 0.25) is 5.89 Å². The van der Waals surface area contributed by atoms with Crippen molar-refractivity contribution in [2.24, 2.45) is 0 Å². The van der Waals surface area contributed by atoms with Crippen molar-refractivity contribution in [3.8, 4) is 11.6 Å². The lowest BCUT2D eigenvalue weighted by molar-refractivity contribution is 0.241. The molecule has 130 valence electrons. The fraction of sp³-hybridized carbons (Fsp3) is 0.421. The van der Waals surface area contributed by atoms with Crippen LogP contribution in [0.3, 0.4) is 0 Å². The Bertz CT molecular complexity index is 865. The number of hydrogen-bond acceptors (Lipinski definition) is 5. The van der Waals surface area contributed by atoms with Crippen LogP contribution in [0.4, 0.5) is 0 Å². The third-order valence-corrected chi connectivity index (χ3v) is 4.61. The van der Waals surface area contributed by atoms with Gasteiger partial charge in [0.15, 0.2) is 5.69 Å². The number of rotatable bonds is 4. The summed E-state index contributed by atoms with van der Waals surface area (Å²) < 4.78 is 7.90. The van der Waals surface area contributed by atoms with E-state index in [-0.39, 0.29) is 0 Å². The Labute approximate surface area is 147 Å². The number of aromatic nitrogens is 4. The van der Waals surface area contributed by atoms with E-state index in [1.165, 1.54) is 16.8 Å². The maximum atomic E-state index is 5.77. The van der Waals surface area contributed by atoms with Crippen molar-refractivity contribution in [3.05, 3.63) is 53.3 Å². The van der Waals surface area contributed by atoms with Crippen LogP contribution in [0.15, 0.2) is 35.1 Å². The van der Waals surface area contributed by atoms with Gasteiger partial charge >= 0.3 is 0 Å². The number of hydrogen-bond donors (Lipinski definition) is 0. The zero-order chi connectivity index (χ0) is 17.4. The Morgan fingerprint density at radius 3 is 2.84 bits per heavy atom. The van der Waals surface area contributed by atoms with E-state index in [0.29, 0.717) is 11.9 Å². The van der Waals surface area contributed by atoms with Gasteiger partial charge in [-0.15, -0.1) is 0 Å². The van der Waals surface area contributed by atoms with Crippen molar-refractivity contribution in [1.82, 2.24) is 24.6 Å². The minimum Gasteiger partial charge on any atom is -0.440 e. The molecule has 0 bridgehead atoms. The third-order valence-electron chi connectivity index (χ3n) is 4.61. The minimum absolute atomic E-state index is 0.323. The Morgan fingerprint density at radius 2 is 2.16 bits per heavy atom. The highest BCUT2D eigenvalue weighted by molar-refractivity contribution is 5.55. The minimum atomic E-state index is 0.323. The smallest absolute Gasteiger partial charge is 0.247 e. The Balaban J connectivity index is 1.67. The van der Waals surface area contributed by atoms with E-state index in [4.69, 9.17) is 9.52 Å². The molecule has 0 spiro atoms. The Hall–Kier alpha value is -2.47. The van der Waals surface area contributed by atoms with E-state index in [1.54, 1.807) is 6.20 Å². The van der Waals surface area contributed by atoms with Crippen LogP contribution in [-0.2, 0) is 19.5 Å². The molecule has 0 unspecified atom stereocenters. The molecular formula is C19H23N5O. The molecule has 3 aromatic rings. The second-order valence-electron chi connectivity index (χ2n) is 6.91. The van der Waals surface area contributed by atoms with Crippen molar-refractivity contribution in [3.63, 3.8) is 0 Å². The molecule has 0 aromatic carbocycles. The summed E-state index contributed by atoms with van der Waals surface area (Å²) >= 11 is 0. The molecule has 6 heteroatoms. The Kier molecular flexibility index (Phi) is 4.13. The maximum Gasteiger partial charge on any atom is 0.247 e. The fourth-order valence-corrected chi connectivity index (χ4v) is 3.45. The largest absolute Gasteiger partial charge is 0.440 e. The quantitative estimate of drug-likeness (QED) is 0.730. The number of nitrogens with zero attached hydrogens (tertiary/aromatic N) is 5. The fourth-order valence-electron chi connectivity index (χ4n) is 3.45. The lowest BCUT2D eigenvalue weighted by Crippen LogP contribution is -2.31. The van der Waals surface area contributed by atoms with Gasteiger partial charge in [-0.05, 0) is 32.4 Å². The van der Waals surface area contributed by atoms with Crippen molar-refractivity contribution < 1.29 is 4.42 Å². The van der Waals surface area contributed by atoms with E-state index < -0.39 is 0 Å². The van der Waals surface area contributed by atoms with Gasteiger partial charge in [-0.3, -0.25) is 14.6 Å². The van der Waals surface area contributed by atoms with Gasteiger partial charge in [-0.1, -0.05) is 6.07 Å². The highest BCUT2D eigenvalue weighted by atomic mass is 16.4. The monoisotopic (exact) mass is 337 g/mol. The van der Waals surface area contributed by atoms with Gasteiger partial charge in [-0.25, -0.2) is 4.98 Å². The average molecular weight is 337 g/mol. The first-order valence-electron chi connectivity index (χ1n) is 8.76. The zero-order valence-corrected chi connectivity index (χ0v) is 14.9. The molecule has 0 saturated heterocycles. The first-order valence-corrected chi connectivity index (χ1v) is 8.76. The van der Waals surface area contributed by atoms with Crippen LogP contribution < -0.4 is 0 Å². The van der Waals surface area contributed by atoms with Crippen LogP contribution in [-0.4, -0.2) is 31.2 Å². The molecule has 4 rings (SSSR count). The van der Waals surface area contributed by atoms with Crippen molar-refractivity contribution in [2.45, 2.75) is 46.3 Å². The highest BCUT2D eigenvalue weighted by Gasteiger charge is 2.28. The Morgan fingerprint density at radius 1 is 1.28 bits per heavy atom. The molecule has 4 heterocycles. The molecule has 0 atom stereocenters. The zero-order valence-electron chi connectivity index (χ0n) is 14.9. The summed E-state index contributed by atoms with van der Waals surface area (Å²) in [5.41, 5.74) is 4.66. The molecule has 3 aromatic heterocycles. The number of pyridine rings is 1. The molecule has 0 amide bonds. The van der Waals surface area contributed by atoms with Gasteiger partial charge in [0.25, 0.3) is 0 Å². The summed E-state index contributed by atoms with van der Waals surface area (Å²) in [6.07, 6.45) is 6.49. The average Bonchev–Trinajstić information content (AvgIpc) is 3.19. The molecule has 25 heavy (non-hydrogen) atoms. The lowest BCUT2D eigenvalue weighted by atomic mass is 10.0. The van der Waals surface area contributed by atoms with Crippen LogP contribution in [0.5, 0.6) is 0 Å². The van der Waals surface area contributed by atoms with E-state index in [1.807, 2.05) is 25.4 Å². The normalized spacial score (nSPS) is 14.9. The highest BCUT2D eigenvalue weighted by Crippen LogP contribution is 2.31. The lowest BCUT2D eigenvalue weighted by Gasteiger charge is -2.28. The molecule has 1 aliphatic rings. The first kappa shape index (κ1) is 16.0. The summed E-state index contributed by atoms with van der Waals surface area (Å²) in [6, 6.07) is 4.43. The van der Waals surface area contributed by atoms with Crippen LogP contribution in [0, 0.1) is 6.92 Å². The second-order valence-corrected chi connectivity index (χ2v) is 6.91. The van der Waals surface area contributed by atoms with E-state index >= 15 is 0 Å². The summed E-state index contributed by atoms with van der Waals surface area (Å²) in [5, 5.41) is 4.84. The van der Waals surface area contributed by atoms with E-state index in [2.05, 4.69) is 39.5 Å². The summed E-state index contributed by atoms with van der Waals surface area (Å²) in [7, 11) is 0. The SMILES string of the molecule is Cc1cnc(-c2nn(C(C)C)c3c2CN(Cc2cccnc2)CC3)o1. The second kappa shape index (κ2) is 6.44. The van der Waals surface area contributed by atoms with Crippen molar-refractivity contribution in [2.75, 3.05) is 6.54 Å². The van der Waals surface area contributed by atoms with Crippen molar-refractivity contribution in [1.29, 1.82) is 0 Å². The first-order chi connectivity index (χ1) is 12.1. The van der Waals surface area contributed by atoms with E-state index in [0.717, 1.165) is 37.5 Å². The number of oxazole rings is 1. The summed E-state index contributed by atoms with van der Waals surface area (Å²) in [4.78, 5) is 11.1. The third kappa shape index (κ3) is 3.09. The van der Waals surface area contributed by atoms with Crippen molar-refractivity contribution >= 4 is 0 Å². The number of aryl methyl sites for hydroxylation is 1. The molecule has 0 radical (unpaired) electrons. The van der Waals surface area contributed by atoms with Crippen LogP contribution in [0.2, 0.25) is 0 Å². The molecule has 1 aliphatic heterocycles. The van der Waals surface area contributed by atoms with E-state index in [9.17, 15) is 0 Å². The van der Waals surface area contributed by atoms with Gasteiger partial charge < -0.3 is 4.42 Å². The van der Waals surface area contributed by atoms with Gasteiger partial charge in [-0.2, -0.15) is 5.10 Å². The predicted octanol–water partition coefficient (Wildman–Crippen LogP) is 3.38. The van der Waals surface area contributed by atoms with Crippen LogP contribution in [0.25, 0.3) is 11.6 Å². The molecule has 0 N–H and O–H groups in total. The van der Waals surface area contributed by atoms with Crippen LogP contribution >= 0.6 is 0 Å². The molecule has 0 saturated carbocycles. The molecule has 0 fully saturated rings. The topological polar surface area (TPSA) is 60.0 Å². The van der Waals surface area contributed by atoms with Gasteiger partial charge in [0.1, 0.15) is 5.76 Å². The molecular weight excluding hydrogens is 314 g/mol. The standard InChI is InChI=1S/C19H23N5O/c1-13(2)24-17-6-8-23(11-15-5-4-7-20-10-15)12-16(17)18(22-24)19-21-9-14(3)25-19/h4-5,7,9-10,13H,6,8,11-12H2,1-3H3. The summed E-state index contributed by atoms with van der Waals surface area (Å²) in [6.45, 7) is 9.01. The number of fused-ring (bicyclic) bond motifs is 1. The van der Waals surface area contributed by atoms with Crippen LogP contribution in [0.1, 0.15) is 42.5 Å². The maximum absolute atomic E-state index is 5.77. The molecule has 0 aliphatic carbocycles. The molecule has 6 nitrogen and oxygen atoms in total.